The Kier molecular flexibility index (Phi) is 3.82. The van der Waals surface area contributed by atoms with Crippen molar-refractivity contribution in [3.05, 3.63) is 16.1 Å². The summed E-state index contributed by atoms with van der Waals surface area (Å²) in [5.74, 6) is 1.08. The third kappa shape index (κ3) is 2.18. The topological polar surface area (TPSA) is 64.7 Å². The molecular weight excluding hydrogens is 262 g/mol. The molecule has 1 unspecified atom stereocenters. The zero-order chi connectivity index (χ0) is 11.6. The Morgan fingerprint density at radius 2 is 2.00 bits per heavy atom. The molecule has 0 radical (unpaired) electrons. The zero-order valence-electron chi connectivity index (χ0n) is 8.87. The first-order valence-corrected chi connectivity index (χ1v) is 5.21. The van der Waals surface area contributed by atoms with Gasteiger partial charge in [-0.2, -0.15) is 0 Å². The fourth-order valence-electron chi connectivity index (χ4n) is 1.31. The quantitative estimate of drug-likeness (QED) is 0.888. The number of benzene rings is 1. The van der Waals surface area contributed by atoms with Crippen LogP contribution in [0.1, 0.15) is 18.5 Å². The number of aromatic hydroxyl groups is 1. The minimum absolute atomic E-state index is 0.0858. The van der Waals surface area contributed by atoms with Crippen LogP contribution in [0.2, 0.25) is 0 Å². The van der Waals surface area contributed by atoms with Gasteiger partial charge in [0.05, 0.1) is 14.2 Å². The summed E-state index contributed by atoms with van der Waals surface area (Å²) in [6.45, 7) is 1.79. The first-order valence-electron chi connectivity index (χ1n) is 4.41. The van der Waals surface area contributed by atoms with Crippen molar-refractivity contribution >= 4 is 15.9 Å². The largest absolute Gasteiger partial charge is 0.506 e. The summed E-state index contributed by atoms with van der Waals surface area (Å²) < 4.78 is 10.7. The minimum Gasteiger partial charge on any atom is -0.506 e. The molecule has 0 aliphatic heterocycles. The van der Waals surface area contributed by atoms with Crippen LogP contribution in [-0.4, -0.2) is 19.3 Å². The molecule has 0 aromatic heterocycles. The second-order valence-corrected chi connectivity index (χ2v) is 3.95. The van der Waals surface area contributed by atoms with Crippen molar-refractivity contribution in [1.29, 1.82) is 0 Å². The molecule has 0 bridgehead atoms. The van der Waals surface area contributed by atoms with E-state index in [-0.39, 0.29) is 11.8 Å². The molecule has 0 aliphatic carbocycles. The monoisotopic (exact) mass is 275 g/mol. The summed E-state index contributed by atoms with van der Waals surface area (Å²) in [5, 5.41) is 9.84. The molecule has 1 aromatic carbocycles. The Bertz CT molecular complexity index is 366. The van der Waals surface area contributed by atoms with Gasteiger partial charge >= 0.3 is 0 Å². The van der Waals surface area contributed by atoms with Crippen LogP contribution in [0.5, 0.6) is 17.2 Å². The number of hydrogen-bond donors (Lipinski definition) is 2. The first kappa shape index (κ1) is 12.1. The van der Waals surface area contributed by atoms with E-state index in [1.165, 1.54) is 14.2 Å². The Hall–Kier alpha value is -0.940. The van der Waals surface area contributed by atoms with Gasteiger partial charge in [-0.25, -0.2) is 0 Å². The minimum atomic E-state index is -0.277. The molecular formula is C10H14BrNO3. The highest BCUT2D eigenvalue weighted by molar-refractivity contribution is 9.10. The third-order valence-electron chi connectivity index (χ3n) is 2.11. The van der Waals surface area contributed by atoms with Crippen LogP contribution < -0.4 is 15.2 Å². The van der Waals surface area contributed by atoms with E-state index in [1.807, 2.05) is 0 Å². The van der Waals surface area contributed by atoms with Gasteiger partial charge < -0.3 is 20.3 Å². The van der Waals surface area contributed by atoms with E-state index in [0.717, 1.165) is 0 Å². The molecule has 0 saturated heterocycles. The molecule has 0 spiro atoms. The molecule has 0 fully saturated rings. The van der Waals surface area contributed by atoms with Crippen LogP contribution in [0, 0.1) is 0 Å². The van der Waals surface area contributed by atoms with Gasteiger partial charge in [-0.15, -0.1) is 0 Å². The molecule has 3 N–H and O–H groups in total. The lowest BCUT2D eigenvalue weighted by Gasteiger charge is -2.16. The van der Waals surface area contributed by atoms with Gasteiger partial charge in [0.15, 0.2) is 11.5 Å². The second kappa shape index (κ2) is 4.72. The lowest BCUT2D eigenvalue weighted by Crippen LogP contribution is -2.06. The number of phenols is 1. The van der Waals surface area contributed by atoms with Crippen molar-refractivity contribution in [2.45, 2.75) is 13.0 Å². The number of methoxy groups -OCH3 is 2. The van der Waals surface area contributed by atoms with Crippen LogP contribution in [-0.2, 0) is 0 Å². The van der Waals surface area contributed by atoms with E-state index >= 15 is 0 Å². The summed E-state index contributed by atoms with van der Waals surface area (Å²) in [6, 6.07) is 1.39. The summed E-state index contributed by atoms with van der Waals surface area (Å²) in [7, 11) is 3.04. The summed E-state index contributed by atoms with van der Waals surface area (Å²) in [5.41, 5.74) is 6.33. The number of nitrogens with two attached hydrogens (primary N) is 1. The molecule has 15 heavy (non-hydrogen) atoms. The van der Waals surface area contributed by atoms with E-state index in [9.17, 15) is 5.11 Å². The van der Waals surface area contributed by atoms with Crippen molar-refractivity contribution in [1.82, 2.24) is 0 Å². The Labute approximate surface area is 97.1 Å². The van der Waals surface area contributed by atoms with Crippen LogP contribution in [0.4, 0.5) is 0 Å². The lowest BCUT2D eigenvalue weighted by molar-refractivity contribution is 0.347. The highest BCUT2D eigenvalue weighted by Crippen LogP contribution is 2.44. The average molecular weight is 276 g/mol. The van der Waals surface area contributed by atoms with Gasteiger partial charge in [0.2, 0.25) is 0 Å². The third-order valence-corrected chi connectivity index (χ3v) is 2.84. The maximum absolute atomic E-state index is 9.84. The fourth-order valence-corrected chi connectivity index (χ4v) is 1.89. The van der Waals surface area contributed by atoms with Gasteiger partial charge in [0.1, 0.15) is 10.2 Å². The van der Waals surface area contributed by atoms with Crippen LogP contribution in [0.15, 0.2) is 10.5 Å². The van der Waals surface area contributed by atoms with Gasteiger partial charge in [-0.1, -0.05) is 0 Å². The van der Waals surface area contributed by atoms with E-state index < -0.39 is 0 Å². The molecule has 0 saturated carbocycles. The smallest absolute Gasteiger partial charge is 0.178 e. The standard InChI is InChI=1S/C10H14BrNO3/c1-5(12)6-4-7(14-2)10(15-3)8(11)9(6)13/h4-5,13H,12H2,1-3H3. The fraction of sp³-hybridized carbons (Fsp3) is 0.400. The van der Waals surface area contributed by atoms with Gasteiger partial charge in [0, 0.05) is 11.6 Å². The molecule has 5 heteroatoms. The molecule has 4 nitrogen and oxygen atoms in total. The summed E-state index contributed by atoms with van der Waals surface area (Å²) >= 11 is 3.24. The van der Waals surface area contributed by atoms with Gasteiger partial charge in [-0.05, 0) is 28.9 Å². The Morgan fingerprint density at radius 3 is 2.40 bits per heavy atom. The number of rotatable bonds is 3. The normalized spacial score (nSPS) is 12.3. The maximum Gasteiger partial charge on any atom is 0.178 e. The Balaban J connectivity index is 3.42. The van der Waals surface area contributed by atoms with Crippen LogP contribution >= 0.6 is 15.9 Å². The van der Waals surface area contributed by atoms with E-state index in [4.69, 9.17) is 15.2 Å². The molecule has 0 amide bonds. The number of hydrogen-bond acceptors (Lipinski definition) is 4. The van der Waals surface area contributed by atoms with E-state index in [1.54, 1.807) is 13.0 Å². The SMILES string of the molecule is COc1cc(C(C)N)c(O)c(Br)c1OC. The van der Waals surface area contributed by atoms with Crippen molar-refractivity contribution in [3.8, 4) is 17.2 Å². The van der Waals surface area contributed by atoms with Crippen molar-refractivity contribution in [3.63, 3.8) is 0 Å². The number of ether oxygens (including phenoxy) is 2. The summed E-state index contributed by atoms with van der Waals surface area (Å²) in [4.78, 5) is 0. The second-order valence-electron chi connectivity index (χ2n) is 3.15. The maximum atomic E-state index is 9.84. The summed E-state index contributed by atoms with van der Waals surface area (Å²) in [6.07, 6.45) is 0. The van der Waals surface area contributed by atoms with E-state index in [0.29, 0.717) is 21.5 Å². The molecule has 1 aromatic rings. The number of phenolic OH excluding ortho intramolecular Hbond substituents is 1. The van der Waals surface area contributed by atoms with Gasteiger partial charge in [0.25, 0.3) is 0 Å². The highest BCUT2D eigenvalue weighted by Gasteiger charge is 2.18. The highest BCUT2D eigenvalue weighted by atomic mass is 79.9. The first-order chi connectivity index (χ1) is 7.02. The van der Waals surface area contributed by atoms with Crippen LogP contribution in [0.25, 0.3) is 0 Å². The molecule has 84 valence electrons. The average Bonchev–Trinajstić information content (AvgIpc) is 2.21. The zero-order valence-corrected chi connectivity index (χ0v) is 10.5. The van der Waals surface area contributed by atoms with Gasteiger partial charge in [-0.3, -0.25) is 0 Å². The van der Waals surface area contributed by atoms with E-state index in [2.05, 4.69) is 15.9 Å². The van der Waals surface area contributed by atoms with Crippen molar-refractivity contribution in [2.24, 2.45) is 5.73 Å². The predicted molar refractivity (Wildman–Crippen MR) is 61.5 cm³/mol. The molecule has 1 rings (SSSR count). The Morgan fingerprint density at radius 1 is 1.40 bits per heavy atom. The van der Waals surface area contributed by atoms with Crippen molar-refractivity contribution < 1.29 is 14.6 Å². The van der Waals surface area contributed by atoms with Crippen molar-refractivity contribution in [2.75, 3.05) is 14.2 Å². The molecule has 0 aliphatic rings. The predicted octanol–water partition coefficient (Wildman–Crippen LogP) is 2.19. The molecule has 0 heterocycles. The lowest BCUT2D eigenvalue weighted by atomic mass is 10.1. The van der Waals surface area contributed by atoms with Crippen LogP contribution in [0.3, 0.4) is 0 Å². The molecule has 1 atom stereocenters. The number of halogens is 1.